The highest BCUT2D eigenvalue weighted by Gasteiger charge is 2.20. The molecular weight excluding hydrogens is 300 g/mol. The van der Waals surface area contributed by atoms with Crippen LogP contribution >= 0.6 is 0 Å². The molecule has 3 nitrogen and oxygen atoms in total. The third-order valence-corrected chi connectivity index (χ3v) is 8.08. The number of halogens is 2. The normalized spacial score (nSPS) is 11.6. The number of nitrogens with zero attached hydrogens (tertiary/aromatic N) is 3. The summed E-state index contributed by atoms with van der Waals surface area (Å²) in [6.45, 7) is 2.16. The molecule has 0 unspecified atom stereocenters. The fraction of sp³-hybridized carbons (Fsp3) is 0.125. The van der Waals surface area contributed by atoms with Gasteiger partial charge >= 0.3 is 0 Å². The van der Waals surface area contributed by atoms with Crippen LogP contribution in [0, 0.1) is 11.6 Å². The highest BCUT2D eigenvalue weighted by molar-refractivity contribution is 7.00. The summed E-state index contributed by atoms with van der Waals surface area (Å²) in [5.41, 5.74) is 0. The van der Waals surface area contributed by atoms with E-state index in [1.54, 1.807) is 11.0 Å². The van der Waals surface area contributed by atoms with Crippen molar-refractivity contribution < 1.29 is 8.78 Å². The Bertz CT molecular complexity index is 695. The maximum Gasteiger partial charge on any atom is 0.137 e. The van der Waals surface area contributed by atoms with Crippen molar-refractivity contribution in [3.63, 3.8) is 0 Å². The molecule has 0 N–H and O–H groups in total. The Hall–Kier alpha value is -2.34. The lowest BCUT2D eigenvalue weighted by molar-refractivity contribution is 0.628. The Kier molecular flexibility index (Phi) is 3.85. The van der Waals surface area contributed by atoms with Crippen molar-refractivity contribution in [2.75, 3.05) is 0 Å². The molecule has 0 aliphatic rings. The lowest BCUT2D eigenvalue weighted by Gasteiger charge is -2.40. The first kappa shape index (κ1) is 14.6. The van der Waals surface area contributed by atoms with Crippen molar-refractivity contribution in [1.29, 1.82) is 0 Å². The van der Waals surface area contributed by atoms with Gasteiger partial charge in [-0.15, -0.1) is 0 Å². The van der Waals surface area contributed by atoms with Gasteiger partial charge in [0, 0.05) is 0 Å². The van der Waals surface area contributed by atoms with Crippen molar-refractivity contribution in [1.82, 2.24) is 14.8 Å². The van der Waals surface area contributed by atoms with Crippen molar-refractivity contribution in [3.8, 4) is 0 Å². The molecule has 0 atom stereocenters. The van der Waals surface area contributed by atoms with E-state index >= 15 is 0 Å². The van der Waals surface area contributed by atoms with Crippen molar-refractivity contribution >= 4 is 18.4 Å². The highest BCUT2D eigenvalue weighted by Crippen LogP contribution is 2.10. The quantitative estimate of drug-likeness (QED) is 0.689. The molecule has 0 bridgehead atoms. The van der Waals surface area contributed by atoms with Gasteiger partial charge in [-0.25, -0.2) is 13.8 Å². The highest BCUT2D eigenvalue weighted by atomic mass is 28.3. The molecule has 0 spiro atoms. The van der Waals surface area contributed by atoms with Gasteiger partial charge in [0.1, 0.15) is 24.3 Å². The van der Waals surface area contributed by atoms with Crippen LogP contribution in [0.5, 0.6) is 0 Å². The summed E-state index contributed by atoms with van der Waals surface area (Å²) in [6, 6.07) is 13.1. The number of rotatable bonds is 4. The van der Waals surface area contributed by atoms with Gasteiger partial charge in [0.2, 0.25) is 0 Å². The van der Waals surface area contributed by atoms with E-state index in [0.29, 0.717) is 6.17 Å². The fourth-order valence-corrected chi connectivity index (χ4v) is 5.94. The lowest BCUT2D eigenvalue weighted by Crippen LogP contribution is -2.59. The SMILES string of the molecule is C[Si-](Cn1cncn1)(c1ccc(F)cc1)c1ccc(F)cc1. The summed E-state index contributed by atoms with van der Waals surface area (Å²) in [7, 11) is -2.22. The van der Waals surface area contributed by atoms with Gasteiger partial charge < -0.3 is 0 Å². The van der Waals surface area contributed by atoms with E-state index in [4.69, 9.17) is 0 Å². The molecule has 1 aromatic heterocycles. The largest absolute Gasteiger partial charge is 0.283 e. The summed E-state index contributed by atoms with van der Waals surface area (Å²) in [6.07, 6.45) is 3.81. The molecule has 0 amide bonds. The first-order valence-corrected chi connectivity index (χ1v) is 9.63. The van der Waals surface area contributed by atoms with Crippen LogP contribution in [0.2, 0.25) is 6.55 Å². The third-order valence-electron chi connectivity index (χ3n) is 3.91. The zero-order chi connectivity index (χ0) is 15.6. The molecule has 3 rings (SSSR count). The predicted octanol–water partition coefficient (Wildman–Crippen LogP) is 1.99. The monoisotopic (exact) mass is 315 g/mol. The Labute approximate surface area is 128 Å². The average molecular weight is 315 g/mol. The molecule has 6 heteroatoms. The second-order valence-electron chi connectivity index (χ2n) is 5.44. The van der Waals surface area contributed by atoms with Gasteiger partial charge in [-0.2, -0.15) is 22.0 Å². The van der Waals surface area contributed by atoms with Crippen molar-refractivity contribution in [3.05, 3.63) is 72.8 Å². The minimum Gasteiger partial charge on any atom is -0.283 e. The first-order valence-electron chi connectivity index (χ1n) is 6.92. The molecule has 2 aromatic carbocycles. The van der Waals surface area contributed by atoms with E-state index in [1.807, 2.05) is 24.3 Å². The van der Waals surface area contributed by atoms with E-state index in [2.05, 4.69) is 16.6 Å². The van der Waals surface area contributed by atoms with Crippen LogP contribution in [0.1, 0.15) is 0 Å². The molecule has 0 aliphatic carbocycles. The fourth-order valence-electron chi connectivity index (χ4n) is 2.62. The molecule has 0 saturated carbocycles. The molecule has 3 aromatic rings. The number of hydrogen-bond donors (Lipinski definition) is 0. The van der Waals surface area contributed by atoms with Gasteiger partial charge in [-0.05, 0) is 24.3 Å². The number of aromatic nitrogens is 3. The number of hydrogen-bond acceptors (Lipinski definition) is 2. The third kappa shape index (κ3) is 2.82. The van der Waals surface area contributed by atoms with Gasteiger partial charge in [0.25, 0.3) is 0 Å². The van der Waals surface area contributed by atoms with Crippen LogP contribution in [0.3, 0.4) is 0 Å². The second kappa shape index (κ2) is 5.80. The van der Waals surface area contributed by atoms with Crippen LogP contribution in [0.4, 0.5) is 8.78 Å². The number of benzene rings is 2. The maximum atomic E-state index is 13.2. The van der Waals surface area contributed by atoms with E-state index in [1.165, 1.54) is 30.6 Å². The summed E-state index contributed by atoms with van der Waals surface area (Å²) < 4.78 is 28.3. The molecule has 0 saturated heterocycles. The minimum absolute atomic E-state index is 0.264. The van der Waals surface area contributed by atoms with Crippen LogP contribution in [0.25, 0.3) is 0 Å². The molecule has 113 valence electrons. The van der Waals surface area contributed by atoms with Crippen LogP contribution in [-0.2, 0) is 6.17 Å². The average Bonchev–Trinajstić information content (AvgIpc) is 3.01. The molecule has 0 radical (unpaired) electrons. The Morgan fingerprint density at radius 1 is 0.909 bits per heavy atom. The van der Waals surface area contributed by atoms with Crippen molar-refractivity contribution in [2.45, 2.75) is 12.7 Å². The second-order valence-corrected chi connectivity index (χ2v) is 9.57. The summed E-state index contributed by atoms with van der Waals surface area (Å²) in [4.78, 5) is 3.98. The molecule has 1 heterocycles. The summed E-state index contributed by atoms with van der Waals surface area (Å²) >= 11 is 0. The Morgan fingerprint density at radius 2 is 1.41 bits per heavy atom. The topological polar surface area (TPSA) is 30.7 Å². The Balaban J connectivity index is 2.08. The van der Waals surface area contributed by atoms with Crippen LogP contribution in [-0.4, -0.2) is 22.8 Å². The van der Waals surface area contributed by atoms with Gasteiger partial charge in [-0.1, -0.05) is 38.5 Å². The maximum absolute atomic E-state index is 13.2. The zero-order valence-corrected chi connectivity index (χ0v) is 13.1. The van der Waals surface area contributed by atoms with E-state index in [-0.39, 0.29) is 11.6 Å². The van der Waals surface area contributed by atoms with Gasteiger partial charge in [-0.3, -0.25) is 4.68 Å². The smallest absolute Gasteiger partial charge is 0.137 e. The van der Waals surface area contributed by atoms with Crippen LogP contribution < -0.4 is 10.4 Å². The van der Waals surface area contributed by atoms with Crippen molar-refractivity contribution in [2.24, 2.45) is 0 Å². The minimum atomic E-state index is -2.22. The van der Waals surface area contributed by atoms with E-state index in [0.717, 1.165) is 10.4 Å². The van der Waals surface area contributed by atoms with Gasteiger partial charge in [0.05, 0.1) is 0 Å². The molecular formula is C16H15F2N3Si-. The molecule has 0 fully saturated rings. The Morgan fingerprint density at radius 3 is 1.82 bits per heavy atom. The van der Waals surface area contributed by atoms with Gasteiger partial charge in [0.15, 0.2) is 0 Å². The predicted molar refractivity (Wildman–Crippen MR) is 83.7 cm³/mol. The van der Waals surface area contributed by atoms with Crippen LogP contribution in [0.15, 0.2) is 61.2 Å². The van der Waals surface area contributed by atoms with E-state index in [9.17, 15) is 8.78 Å². The summed E-state index contributed by atoms with van der Waals surface area (Å²) in [5, 5.41) is 6.31. The summed E-state index contributed by atoms with van der Waals surface area (Å²) in [5.74, 6) is -0.528. The standard InChI is InChI=1S/C16H15F2N3Si/c1-22(12-21-11-19-10-20-21,15-6-2-13(17)3-7-15)16-8-4-14(18)5-9-16/h2-11H,12H2,1H3/q-1. The van der Waals surface area contributed by atoms with E-state index < -0.39 is 8.07 Å². The zero-order valence-electron chi connectivity index (χ0n) is 12.1. The molecule has 0 aliphatic heterocycles. The first-order chi connectivity index (χ1) is 10.6. The lowest BCUT2D eigenvalue weighted by atomic mass is 10.3. The molecule has 22 heavy (non-hydrogen) atoms.